The third kappa shape index (κ3) is 5.42. The second-order valence-electron chi connectivity index (χ2n) is 10.8. The number of carbonyl (C=O) groups is 2. The fourth-order valence-corrected chi connectivity index (χ4v) is 4.96. The molecular formula is C28H32F3N3O2. The number of nitrogens with zero attached hydrogens (tertiary/aromatic N) is 1. The van der Waals surface area contributed by atoms with Crippen molar-refractivity contribution in [3.63, 3.8) is 0 Å². The summed E-state index contributed by atoms with van der Waals surface area (Å²) in [5.74, 6) is -0.0312. The molecule has 2 aromatic rings. The number of para-hydroxylation sites is 2. The molecule has 0 fully saturated rings. The number of amides is 1. The Morgan fingerprint density at radius 1 is 1.11 bits per heavy atom. The van der Waals surface area contributed by atoms with E-state index in [9.17, 15) is 22.8 Å². The summed E-state index contributed by atoms with van der Waals surface area (Å²) in [6.07, 6.45) is -3.55. The minimum absolute atomic E-state index is 0.0510. The van der Waals surface area contributed by atoms with Gasteiger partial charge in [0.05, 0.1) is 29.5 Å². The fraction of sp³-hybridized carbons (Fsp3) is 0.429. The maximum Gasteiger partial charge on any atom is 0.416 e. The number of hydrogen-bond acceptors (Lipinski definition) is 4. The first-order valence-corrected chi connectivity index (χ1v) is 12.2. The largest absolute Gasteiger partial charge is 0.416 e. The van der Waals surface area contributed by atoms with Crippen LogP contribution in [0.1, 0.15) is 57.7 Å². The van der Waals surface area contributed by atoms with E-state index >= 15 is 0 Å². The maximum absolute atomic E-state index is 13.6. The van der Waals surface area contributed by atoms with Gasteiger partial charge in [-0.25, -0.2) is 0 Å². The number of halogens is 3. The molecule has 0 saturated heterocycles. The molecule has 1 atom stereocenters. The van der Waals surface area contributed by atoms with Crippen LogP contribution in [0.5, 0.6) is 0 Å². The second kappa shape index (κ2) is 9.64. The molecule has 0 radical (unpaired) electrons. The lowest BCUT2D eigenvalue weighted by Gasteiger charge is -2.38. The lowest BCUT2D eigenvalue weighted by Crippen LogP contribution is -2.42. The Morgan fingerprint density at radius 3 is 2.42 bits per heavy atom. The Morgan fingerprint density at radius 2 is 1.78 bits per heavy atom. The summed E-state index contributed by atoms with van der Waals surface area (Å²) in [5.41, 5.74) is 2.21. The molecule has 1 heterocycles. The van der Waals surface area contributed by atoms with Crippen molar-refractivity contribution < 1.29 is 22.8 Å². The first kappa shape index (κ1) is 25.8. The first-order chi connectivity index (χ1) is 16.9. The van der Waals surface area contributed by atoms with Gasteiger partial charge in [-0.3, -0.25) is 9.59 Å². The molecule has 2 aromatic carbocycles. The second-order valence-corrected chi connectivity index (χ2v) is 10.8. The minimum Gasteiger partial charge on any atom is -0.357 e. The summed E-state index contributed by atoms with van der Waals surface area (Å²) in [6.45, 7) is 8.49. The summed E-state index contributed by atoms with van der Waals surface area (Å²) in [4.78, 5) is 28.5. The number of ketones is 1. The van der Waals surface area contributed by atoms with Crippen LogP contribution in [-0.4, -0.2) is 24.8 Å². The number of alkyl halides is 3. The highest BCUT2D eigenvalue weighted by molar-refractivity contribution is 6.01. The van der Waals surface area contributed by atoms with Gasteiger partial charge in [0.25, 0.3) is 0 Å². The van der Waals surface area contributed by atoms with E-state index in [1.807, 2.05) is 56.9 Å². The lowest BCUT2D eigenvalue weighted by molar-refractivity contribution is -0.137. The van der Waals surface area contributed by atoms with E-state index < -0.39 is 17.8 Å². The number of allylic oxidation sites excluding steroid dienone is 1. The van der Waals surface area contributed by atoms with Gasteiger partial charge in [-0.1, -0.05) is 52.0 Å². The molecule has 4 rings (SSSR count). The number of anilines is 2. The number of rotatable bonds is 5. The summed E-state index contributed by atoms with van der Waals surface area (Å²) in [6, 6.07) is 11.7. The van der Waals surface area contributed by atoms with Crippen LogP contribution in [0.15, 0.2) is 59.8 Å². The average molecular weight is 500 g/mol. The number of hydrogen-bond donors (Lipinski definition) is 2. The van der Waals surface area contributed by atoms with Crippen molar-refractivity contribution in [2.45, 2.75) is 52.8 Å². The van der Waals surface area contributed by atoms with Gasteiger partial charge in [-0.2, -0.15) is 13.2 Å². The molecule has 192 valence electrons. The van der Waals surface area contributed by atoms with E-state index in [1.165, 1.54) is 12.1 Å². The van der Waals surface area contributed by atoms with Crippen LogP contribution in [-0.2, 0) is 15.8 Å². The van der Waals surface area contributed by atoms with E-state index in [0.29, 0.717) is 36.2 Å². The smallest absolute Gasteiger partial charge is 0.357 e. The molecule has 1 unspecified atom stereocenters. The molecule has 2 aliphatic rings. The molecule has 36 heavy (non-hydrogen) atoms. The number of nitrogens with one attached hydrogen (secondary N) is 2. The van der Waals surface area contributed by atoms with Gasteiger partial charge in [0.15, 0.2) is 5.78 Å². The maximum atomic E-state index is 13.6. The number of fused-ring (bicyclic) bond motifs is 1. The Bertz CT molecular complexity index is 1180. The Labute approximate surface area is 209 Å². The van der Waals surface area contributed by atoms with Crippen molar-refractivity contribution in [3.8, 4) is 0 Å². The van der Waals surface area contributed by atoms with Crippen LogP contribution in [0.2, 0.25) is 0 Å². The lowest BCUT2D eigenvalue weighted by atomic mass is 9.73. The monoisotopic (exact) mass is 499 g/mol. The normalized spacial score (nSPS) is 19.4. The van der Waals surface area contributed by atoms with Gasteiger partial charge in [-0.15, -0.1) is 0 Å². The zero-order valence-electron chi connectivity index (χ0n) is 21.0. The van der Waals surface area contributed by atoms with Gasteiger partial charge in [0.1, 0.15) is 0 Å². The number of Topliss-reactive ketones (excluding diaryl/α,β-unsaturated/α-hetero) is 1. The molecule has 1 aliphatic heterocycles. The third-order valence-electron chi connectivity index (χ3n) is 6.58. The van der Waals surface area contributed by atoms with E-state index in [2.05, 4.69) is 10.6 Å². The van der Waals surface area contributed by atoms with Crippen molar-refractivity contribution in [2.24, 2.45) is 11.3 Å². The van der Waals surface area contributed by atoms with Crippen LogP contribution in [0, 0.1) is 11.3 Å². The van der Waals surface area contributed by atoms with Crippen molar-refractivity contribution >= 4 is 23.1 Å². The molecule has 0 spiro atoms. The highest BCUT2D eigenvalue weighted by Crippen LogP contribution is 2.48. The predicted molar refractivity (Wildman–Crippen MR) is 134 cm³/mol. The summed E-state index contributed by atoms with van der Waals surface area (Å²) in [5, 5.41) is 6.37. The van der Waals surface area contributed by atoms with Crippen molar-refractivity contribution in [1.82, 2.24) is 5.32 Å². The topological polar surface area (TPSA) is 61.4 Å². The van der Waals surface area contributed by atoms with E-state index in [1.54, 1.807) is 0 Å². The van der Waals surface area contributed by atoms with Crippen molar-refractivity contribution in [3.05, 3.63) is 70.9 Å². The van der Waals surface area contributed by atoms with Gasteiger partial charge in [0, 0.05) is 24.2 Å². The zero-order valence-corrected chi connectivity index (χ0v) is 21.0. The zero-order chi connectivity index (χ0) is 26.3. The molecule has 0 aromatic heterocycles. The van der Waals surface area contributed by atoms with Crippen LogP contribution >= 0.6 is 0 Å². The highest BCUT2D eigenvalue weighted by Gasteiger charge is 2.42. The Balaban J connectivity index is 1.88. The van der Waals surface area contributed by atoms with Gasteiger partial charge in [0.2, 0.25) is 5.91 Å². The molecule has 1 amide bonds. The fourth-order valence-electron chi connectivity index (χ4n) is 4.96. The summed E-state index contributed by atoms with van der Waals surface area (Å²) < 4.78 is 39.9. The van der Waals surface area contributed by atoms with E-state index in [4.69, 9.17) is 0 Å². The van der Waals surface area contributed by atoms with Crippen molar-refractivity contribution in [2.75, 3.05) is 23.3 Å². The summed E-state index contributed by atoms with van der Waals surface area (Å²) >= 11 is 0. The van der Waals surface area contributed by atoms with Crippen LogP contribution in [0.3, 0.4) is 0 Å². The molecule has 0 bridgehead atoms. The molecule has 5 nitrogen and oxygen atoms in total. The van der Waals surface area contributed by atoms with Gasteiger partial charge in [-0.05, 0) is 47.6 Å². The van der Waals surface area contributed by atoms with Gasteiger partial charge < -0.3 is 15.5 Å². The van der Waals surface area contributed by atoms with Gasteiger partial charge >= 0.3 is 6.18 Å². The predicted octanol–water partition coefficient (Wildman–Crippen LogP) is 6.09. The van der Waals surface area contributed by atoms with E-state index in [-0.39, 0.29) is 29.6 Å². The van der Waals surface area contributed by atoms with Crippen LogP contribution in [0.4, 0.5) is 24.5 Å². The van der Waals surface area contributed by atoms with Crippen LogP contribution < -0.4 is 15.5 Å². The number of carbonyl (C=O) groups excluding carboxylic acids is 2. The SMILES string of the molecule is CC(C)CNC(=O)CN1c2ccccc2NC2=C(C(=O)CC(C)(C)C2)C1c1ccc(C(F)(F)F)cc1. The Hall–Kier alpha value is -3.29. The van der Waals surface area contributed by atoms with Crippen LogP contribution in [0.25, 0.3) is 0 Å². The molecule has 2 N–H and O–H groups in total. The van der Waals surface area contributed by atoms with E-state index in [0.717, 1.165) is 23.5 Å². The molecule has 8 heteroatoms. The minimum atomic E-state index is -4.47. The van der Waals surface area contributed by atoms with Crippen molar-refractivity contribution in [1.29, 1.82) is 0 Å². The average Bonchev–Trinajstić information content (AvgIpc) is 2.91. The summed E-state index contributed by atoms with van der Waals surface area (Å²) in [7, 11) is 0. The Kier molecular flexibility index (Phi) is 6.90. The molecule has 0 saturated carbocycles. The third-order valence-corrected chi connectivity index (χ3v) is 6.58. The molecular weight excluding hydrogens is 467 g/mol. The highest BCUT2D eigenvalue weighted by atomic mass is 19.4. The quantitative estimate of drug-likeness (QED) is 0.522. The first-order valence-electron chi connectivity index (χ1n) is 12.2. The number of benzene rings is 2. The molecule has 1 aliphatic carbocycles. The standard InChI is InChI=1S/C28H32F3N3O2/c1-17(2)15-32-24(36)16-34-22-8-6-5-7-20(22)33-21-13-27(3,4)14-23(35)25(21)26(34)18-9-11-19(12-10-18)28(29,30)31/h5-12,17,26,33H,13-16H2,1-4H3,(H,32,36).